The number of carbonyl (C=O) groups excluding carboxylic acids is 1. The van der Waals surface area contributed by atoms with Gasteiger partial charge in [-0.25, -0.2) is 17.7 Å². The average Bonchev–Trinajstić information content (AvgIpc) is 3.43. The Bertz CT molecular complexity index is 1470. The smallest absolute Gasteiger partial charge is 0.256 e. The molecular formula is C21H20N6O5S. The highest BCUT2D eigenvalue weighted by atomic mass is 32.2. The van der Waals surface area contributed by atoms with Gasteiger partial charge >= 0.3 is 0 Å². The fourth-order valence-corrected chi connectivity index (χ4v) is 3.92. The Hall–Kier alpha value is -4.03. The van der Waals surface area contributed by atoms with Gasteiger partial charge in [0, 0.05) is 37.5 Å². The van der Waals surface area contributed by atoms with Gasteiger partial charge < -0.3 is 9.73 Å². The van der Waals surface area contributed by atoms with Crippen molar-refractivity contribution in [2.24, 2.45) is 0 Å². The lowest BCUT2D eigenvalue weighted by molar-refractivity contribution is 0.102. The fourth-order valence-electron chi connectivity index (χ4n) is 3.02. The Balaban J connectivity index is 1.70. The summed E-state index contributed by atoms with van der Waals surface area (Å²) in [5.41, 5.74) is 0.735. The van der Waals surface area contributed by atoms with Crippen LogP contribution in [-0.2, 0) is 10.0 Å². The number of benzene rings is 1. The molecule has 0 bridgehead atoms. The number of sulfonamides is 1. The van der Waals surface area contributed by atoms with Gasteiger partial charge in [0.15, 0.2) is 5.76 Å². The number of nitrogens with one attached hydrogen (secondary N) is 2. The molecule has 170 valence electrons. The first-order chi connectivity index (χ1) is 15.6. The maximum Gasteiger partial charge on any atom is 0.256 e. The molecule has 0 aliphatic rings. The summed E-state index contributed by atoms with van der Waals surface area (Å²) < 4.78 is 32.2. The molecule has 0 saturated carbocycles. The largest absolute Gasteiger partial charge is 0.463 e. The summed E-state index contributed by atoms with van der Waals surface area (Å²) in [6.07, 6.45) is 1.49. The molecule has 11 nitrogen and oxygen atoms in total. The topological polar surface area (TPSA) is 143 Å². The number of H-pyrrole nitrogens is 1. The molecule has 4 rings (SSSR count). The van der Waals surface area contributed by atoms with Crippen LogP contribution in [0, 0.1) is 6.92 Å². The van der Waals surface area contributed by atoms with E-state index in [2.05, 4.69) is 20.4 Å². The van der Waals surface area contributed by atoms with Crippen LogP contribution >= 0.6 is 0 Å². The SMILES string of the molecule is Cc1cc(=O)[nH]c(-n2nc(-c3ccco3)cc2NC(=O)c2ccc(S(=O)(=O)N(C)C)cc2)n1. The van der Waals surface area contributed by atoms with Crippen LogP contribution in [0.25, 0.3) is 17.4 Å². The van der Waals surface area contributed by atoms with Crippen molar-refractivity contribution in [3.05, 3.63) is 76.4 Å². The molecule has 0 saturated heterocycles. The predicted molar refractivity (Wildman–Crippen MR) is 120 cm³/mol. The van der Waals surface area contributed by atoms with Gasteiger partial charge in [0.2, 0.25) is 16.0 Å². The molecule has 1 amide bonds. The van der Waals surface area contributed by atoms with Gasteiger partial charge in [-0.2, -0.15) is 9.78 Å². The van der Waals surface area contributed by atoms with Crippen LogP contribution in [0.1, 0.15) is 16.1 Å². The maximum atomic E-state index is 12.9. The highest BCUT2D eigenvalue weighted by molar-refractivity contribution is 7.89. The van der Waals surface area contributed by atoms with Gasteiger partial charge in [-0.05, 0) is 43.3 Å². The van der Waals surface area contributed by atoms with Crippen molar-refractivity contribution in [3.63, 3.8) is 0 Å². The molecule has 0 fully saturated rings. The number of hydrogen-bond acceptors (Lipinski definition) is 7. The second-order valence-electron chi connectivity index (χ2n) is 7.28. The molecule has 4 aromatic rings. The van der Waals surface area contributed by atoms with Crippen molar-refractivity contribution >= 4 is 21.7 Å². The molecule has 0 radical (unpaired) electrons. The first-order valence-electron chi connectivity index (χ1n) is 9.71. The van der Waals surface area contributed by atoms with Crippen LogP contribution in [-0.4, -0.2) is 52.5 Å². The van der Waals surface area contributed by atoms with Crippen LogP contribution in [0.4, 0.5) is 5.82 Å². The van der Waals surface area contributed by atoms with Crippen molar-refractivity contribution in [1.29, 1.82) is 0 Å². The summed E-state index contributed by atoms with van der Waals surface area (Å²) in [6.45, 7) is 1.66. The Kier molecular flexibility index (Phi) is 5.70. The van der Waals surface area contributed by atoms with E-state index in [9.17, 15) is 18.0 Å². The number of rotatable bonds is 6. The summed E-state index contributed by atoms with van der Waals surface area (Å²) in [6, 6.07) is 11.8. The standard InChI is InChI=1S/C21H20N6O5S/c1-13-11-19(28)24-21(22-13)27-18(12-16(25-27)17-5-4-10-32-17)23-20(29)14-6-8-15(9-7-14)33(30,31)26(2)3/h4-12H,1-3H3,(H,23,29)(H,22,24,28). The van der Waals surface area contributed by atoms with Crippen LogP contribution in [0.5, 0.6) is 0 Å². The summed E-state index contributed by atoms with van der Waals surface area (Å²) in [5, 5.41) is 7.13. The summed E-state index contributed by atoms with van der Waals surface area (Å²) in [5.74, 6) is 0.286. The Morgan fingerprint density at radius 1 is 1.15 bits per heavy atom. The van der Waals surface area contributed by atoms with Gasteiger partial charge in [0.1, 0.15) is 11.5 Å². The molecule has 0 aliphatic carbocycles. The van der Waals surface area contributed by atoms with Crippen LogP contribution < -0.4 is 10.9 Å². The monoisotopic (exact) mass is 468 g/mol. The maximum absolute atomic E-state index is 12.9. The molecule has 1 aromatic carbocycles. The lowest BCUT2D eigenvalue weighted by Gasteiger charge is -2.12. The first kappa shape index (κ1) is 22.2. The summed E-state index contributed by atoms with van der Waals surface area (Å²) in [4.78, 5) is 31.8. The average molecular weight is 468 g/mol. The lowest BCUT2D eigenvalue weighted by atomic mass is 10.2. The number of hydrogen-bond donors (Lipinski definition) is 2. The highest BCUT2D eigenvalue weighted by Crippen LogP contribution is 2.24. The number of nitrogens with zero attached hydrogens (tertiary/aromatic N) is 4. The van der Waals surface area contributed by atoms with Crippen molar-refractivity contribution in [3.8, 4) is 17.4 Å². The van der Waals surface area contributed by atoms with E-state index >= 15 is 0 Å². The third-order valence-corrected chi connectivity index (χ3v) is 6.51. The molecular weight excluding hydrogens is 448 g/mol. The zero-order valence-electron chi connectivity index (χ0n) is 17.9. The Morgan fingerprint density at radius 3 is 2.48 bits per heavy atom. The van der Waals surface area contributed by atoms with Crippen LogP contribution in [0.15, 0.2) is 68.9 Å². The molecule has 3 heterocycles. The van der Waals surface area contributed by atoms with E-state index in [0.29, 0.717) is 17.1 Å². The number of amides is 1. The van der Waals surface area contributed by atoms with Crippen molar-refractivity contribution < 1.29 is 17.6 Å². The number of aromatic amines is 1. The van der Waals surface area contributed by atoms with E-state index in [-0.39, 0.29) is 27.8 Å². The molecule has 2 N–H and O–H groups in total. The second kappa shape index (κ2) is 8.48. The number of furan rings is 1. The minimum atomic E-state index is -3.62. The van der Waals surface area contributed by atoms with Crippen molar-refractivity contribution in [1.82, 2.24) is 24.1 Å². The fraction of sp³-hybridized carbons (Fsp3) is 0.143. The number of anilines is 1. The molecule has 0 aliphatic heterocycles. The zero-order valence-corrected chi connectivity index (χ0v) is 18.8. The number of aromatic nitrogens is 4. The molecule has 12 heteroatoms. The third-order valence-electron chi connectivity index (χ3n) is 4.68. The summed E-state index contributed by atoms with van der Waals surface area (Å²) >= 11 is 0. The van der Waals surface area contributed by atoms with Gasteiger partial charge in [0.05, 0.1) is 11.2 Å². The van der Waals surface area contributed by atoms with E-state index < -0.39 is 15.9 Å². The van der Waals surface area contributed by atoms with Crippen molar-refractivity contribution in [2.75, 3.05) is 19.4 Å². The van der Waals surface area contributed by atoms with Gasteiger partial charge in [-0.3, -0.25) is 14.6 Å². The predicted octanol–water partition coefficient (Wildman–Crippen LogP) is 2.03. The van der Waals surface area contributed by atoms with Gasteiger partial charge in [-0.15, -0.1) is 0 Å². The molecule has 0 unspecified atom stereocenters. The Morgan fingerprint density at radius 2 is 1.88 bits per heavy atom. The van der Waals surface area contributed by atoms with E-state index in [0.717, 1.165) is 4.31 Å². The van der Waals surface area contributed by atoms with E-state index in [1.54, 1.807) is 25.1 Å². The Labute approximate surface area is 188 Å². The van der Waals surface area contributed by atoms with E-state index in [1.807, 2.05) is 0 Å². The molecule has 33 heavy (non-hydrogen) atoms. The highest BCUT2D eigenvalue weighted by Gasteiger charge is 2.20. The minimum absolute atomic E-state index is 0.0655. The molecule has 0 spiro atoms. The number of carbonyl (C=O) groups is 1. The van der Waals surface area contributed by atoms with Crippen molar-refractivity contribution in [2.45, 2.75) is 11.8 Å². The second-order valence-corrected chi connectivity index (χ2v) is 9.43. The third kappa shape index (κ3) is 4.47. The minimum Gasteiger partial charge on any atom is -0.463 e. The van der Waals surface area contributed by atoms with Crippen LogP contribution in [0.2, 0.25) is 0 Å². The summed E-state index contributed by atoms with van der Waals surface area (Å²) in [7, 11) is -0.760. The molecule has 0 atom stereocenters. The van der Waals surface area contributed by atoms with Gasteiger partial charge in [0.25, 0.3) is 11.5 Å². The van der Waals surface area contributed by atoms with Gasteiger partial charge in [-0.1, -0.05) is 0 Å². The lowest BCUT2D eigenvalue weighted by Crippen LogP contribution is -2.22. The number of aryl methyl sites for hydroxylation is 1. The van der Waals surface area contributed by atoms with E-state index in [4.69, 9.17) is 4.42 Å². The quantitative estimate of drug-likeness (QED) is 0.441. The van der Waals surface area contributed by atoms with Crippen LogP contribution in [0.3, 0.4) is 0 Å². The van der Waals surface area contributed by atoms with E-state index in [1.165, 1.54) is 55.4 Å². The first-order valence-corrected chi connectivity index (χ1v) is 11.2. The molecule has 3 aromatic heterocycles. The zero-order chi connectivity index (χ0) is 23.8. The normalized spacial score (nSPS) is 11.6.